The van der Waals surface area contributed by atoms with E-state index in [2.05, 4.69) is 14.7 Å². The highest BCUT2D eigenvalue weighted by Crippen LogP contribution is 2.26. The first-order chi connectivity index (χ1) is 12.7. The van der Waals surface area contributed by atoms with Crippen molar-refractivity contribution in [2.45, 2.75) is 25.3 Å². The lowest BCUT2D eigenvalue weighted by atomic mass is 10.1. The molecule has 0 atom stereocenters. The van der Waals surface area contributed by atoms with Crippen LogP contribution in [0.15, 0.2) is 44.4 Å². The predicted octanol–water partition coefficient (Wildman–Crippen LogP) is 0.689. The summed E-state index contributed by atoms with van der Waals surface area (Å²) in [7, 11) is -2.14. The van der Waals surface area contributed by atoms with Gasteiger partial charge in [-0.3, -0.25) is 9.59 Å². The number of aromatic amines is 1. The Hall–Kier alpha value is -2.94. The van der Waals surface area contributed by atoms with Gasteiger partial charge in [-0.15, -0.1) is 4.40 Å². The molecule has 0 aliphatic carbocycles. The number of fused-ring (bicyclic) bond motifs is 1. The van der Waals surface area contributed by atoms with Crippen molar-refractivity contribution in [1.29, 1.82) is 0 Å². The minimum absolute atomic E-state index is 0.0918. The number of nitrogens with one attached hydrogen (secondary N) is 2. The maximum absolute atomic E-state index is 12.3. The van der Waals surface area contributed by atoms with E-state index in [-0.39, 0.29) is 35.3 Å². The Bertz CT molecular complexity index is 1100. The van der Waals surface area contributed by atoms with Crippen LogP contribution in [0, 0.1) is 13.8 Å². The number of likely N-dealkylation sites (N-methyl/N-ethyl adjacent to an activating group) is 1. The van der Waals surface area contributed by atoms with Crippen LogP contribution in [0.4, 0.5) is 0 Å². The minimum Gasteiger partial charge on any atom is -0.350 e. The fourth-order valence-corrected chi connectivity index (χ4v) is 4.25. The van der Waals surface area contributed by atoms with Crippen LogP contribution in [-0.4, -0.2) is 43.6 Å². The number of nitrogens with zero attached hydrogens (tertiary/aromatic N) is 2. The number of rotatable bonds is 4. The number of H-pyrrole nitrogens is 1. The maximum atomic E-state index is 12.3. The van der Waals surface area contributed by atoms with Crippen molar-refractivity contribution in [1.82, 2.24) is 15.2 Å². The molecule has 0 saturated heterocycles. The van der Waals surface area contributed by atoms with Crippen LogP contribution in [0.25, 0.3) is 0 Å². The van der Waals surface area contributed by atoms with Crippen LogP contribution in [0.2, 0.25) is 0 Å². The van der Waals surface area contributed by atoms with E-state index in [0.29, 0.717) is 11.1 Å². The van der Waals surface area contributed by atoms with Gasteiger partial charge in [0.2, 0.25) is 5.91 Å². The predicted molar refractivity (Wildman–Crippen MR) is 101 cm³/mol. The van der Waals surface area contributed by atoms with E-state index in [4.69, 9.17) is 0 Å². The molecule has 2 aromatic rings. The SMILES string of the molecule is Cc1cc(C)c(CNC(=O)CN(C)C2=NS(=O)(=O)c3ccccc32)c(=O)[nH]1. The van der Waals surface area contributed by atoms with Crippen molar-refractivity contribution in [2.75, 3.05) is 13.6 Å². The van der Waals surface area contributed by atoms with Gasteiger partial charge in [0.1, 0.15) is 4.90 Å². The first kappa shape index (κ1) is 18.8. The van der Waals surface area contributed by atoms with Gasteiger partial charge in [0.25, 0.3) is 15.6 Å². The zero-order chi connectivity index (χ0) is 19.8. The standard InChI is InChI=1S/C18H20N4O4S/c1-11-8-12(2)20-18(24)14(11)9-19-16(23)10-22(3)17-13-6-4-5-7-15(13)27(25,26)21-17/h4-8H,9-10H2,1-3H3,(H,19,23)(H,20,24). The van der Waals surface area contributed by atoms with E-state index >= 15 is 0 Å². The monoisotopic (exact) mass is 388 g/mol. The van der Waals surface area contributed by atoms with Crippen molar-refractivity contribution < 1.29 is 13.2 Å². The van der Waals surface area contributed by atoms with Crippen LogP contribution in [0.5, 0.6) is 0 Å². The number of amides is 1. The molecular formula is C18H20N4O4S. The summed E-state index contributed by atoms with van der Waals surface area (Å²) in [5, 5.41) is 2.69. The van der Waals surface area contributed by atoms with E-state index in [1.54, 1.807) is 32.2 Å². The van der Waals surface area contributed by atoms with Gasteiger partial charge < -0.3 is 15.2 Å². The molecule has 3 rings (SSSR count). The third-order valence-electron chi connectivity index (χ3n) is 4.31. The number of pyridine rings is 1. The molecule has 9 heteroatoms. The van der Waals surface area contributed by atoms with Crippen molar-refractivity contribution in [3.63, 3.8) is 0 Å². The molecule has 2 heterocycles. The average Bonchev–Trinajstić information content (AvgIpc) is 2.86. The number of hydrogen-bond donors (Lipinski definition) is 2. The van der Waals surface area contributed by atoms with E-state index in [1.807, 2.05) is 13.0 Å². The normalized spacial score (nSPS) is 14.4. The fourth-order valence-electron chi connectivity index (χ4n) is 3.00. The van der Waals surface area contributed by atoms with Crippen LogP contribution < -0.4 is 10.9 Å². The number of aryl methyl sites for hydroxylation is 2. The Morgan fingerprint density at radius 1 is 1.26 bits per heavy atom. The van der Waals surface area contributed by atoms with E-state index < -0.39 is 10.0 Å². The van der Waals surface area contributed by atoms with Crippen molar-refractivity contribution in [3.05, 3.63) is 63.1 Å². The molecule has 0 unspecified atom stereocenters. The van der Waals surface area contributed by atoms with Gasteiger partial charge in [0, 0.05) is 30.4 Å². The number of sulfonamides is 1. The molecule has 1 amide bonds. The Morgan fingerprint density at radius 2 is 1.96 bits per heavy atom. The summed E-state index contributed by atoms with van der Waals surface area (Å²) in [4.78, 5) is 28.6. The highest BCUT2D eigenvalue weighted by Gasteiger charge is 2.30. The second-order valence-electron chi connectivity index (χ2n) is 6.46. The molecule has 1 aliphatic heterocycles. The lowest BCUT2D eigenvalue weighted by Gasteiger charge is -2.18. The second kappa shape index (κ2) is 6.99. The summed E-state index contributed by atoms with van der Waals surface area (Å²) in [6.07, 6.45) is 0. The Morgan fingerprint density at radius 3 is 2.67 bits per heavy atom. The zero-order valence-electron chi connectivity index (χ0n) is 15.2. The molecule has 2 N–H and O–H groups in total. The highest BCUT2D eigenvalue weighted by molar-refractivity contribution is 7.90. The van der Waals surface area contributed by atoms with E-state index in [0.717, 1.165) is 11.3 Å². The van der Waals surface area contributed by atoms with Crippen molar-refractivity contribution >= 4 is 21.8 Å². The molecule has 1 aromatic heterocycles. The molecule has 0 saturated carbocycles. The molecule has 0 bridgehead atoms. The first-order valence-corrected chi connectivity index (χ1v) is 9.74. The van der Waals surface area contributed by atoms with E-state index in [1.165, 1.54) is 11.0 Å². The van der Waals surface area contributed by atoms with Crippen LogP contribution in [-0.2, 0) is 21.4 Å². The van der Waals surface area contributed by atoms with Gasteiger partial charge in [0.15, 0.2) is 5.84 Å². The third kappa shape index (κ3) is 3.77. The molecule has 142 valence electrons. The lowest BCUT2D eigenvalue weighted by Crippen LogP contribution is -2.39. The van der Waals surface area contributed by atoms with Crippen LogP contribution in [0.3, 0.4) is 0 Å². The maximum Gasteiger partial charge on any atom is 0.285 e. The average molecular weight is 388 g/mol. The summed E-state index contributed by atoms with van der Waals surface area (Å²) in [6.45, 7) is 3.60. The topological polar surface area (TPSA) is 112 Å². The van der Waals surface area contributed by atoms with Crippen molar-refractivity contribution in [3.8, 4) is 0 Å². The fraction of sp³-hybridized carbons (Fsp3) is 0.278. The number of benzene rings is 1. The summed E-state index contributed by atoms with van der Waals surface area (Å²) >= 11 is 0. The molecule has 0 radical (unpaired) electrons. The van der Waals surface area contributed by atoms with Gasteiger partial charge in [-0.1, -0.05) is 12.1 Å². The minimum atomic E-state index is -3.74. The highest BCUT2D eigenvalue weighted by atomic mass is 32.2. The lowest BCUT2D eigenvalue weighted by molar-refractivity contribution is -0.121. The largest absolute Gasteiger partial charge is 0.350 e. The van der Waals surface area contributed by atoms with Gasteiger partial charge in [-0.25, -0.2) is 0 Å². The molecule has 27 heavy (non-hydrogen) atoms. The molecule has 0 fully saturated rings. The summed E-state index contributed by atoms with van der Waals surface area (Å²) in [5.74, 6) is -0.119. The number of hydrogen-bond acceptors (Lipinski definition) is 5. The zero-order valence-corrected chi connectivity index (χ0v) is 16.1. The van der Waals surface area contributed by atoms with Crippen LogP contribution in [0.1, 0.15) is 22.4 Å². The van der Waals surface area contributed by atoms with E-state index in [9.17, 15) is 18.0 Å². The molecule has 1 aromatic carbocycles. The third-order valence-corrected chi connectivity index (χ3v) is 5.64. The summed E-state index contributed by atoms with van der Waals surface area (Å²) in [5.41, 5.74) is 2.28. The van der Waals surface area contributed by atoms with Crippen molar-refractivity contribution in [2.24, 2.45) is 4.40 Å². The molecule has 0 spiro atoms. The second-order valence-corrected chi connectivity index (χ2v) is 8.03. The summed E-state index contributed by atoms with van der Waals surface area (Å²) in [6, 6.07) is 8.33. The number of amidine groups is 1. The quantitative estimate of drug-likeness (QED) is 0.800. The molecule has 1 aliphatic rings. The number of carbonyl (C=O) groups excluding carboxylic acids is 1. The van der Waals surface area contributed by atoms with Gasteiger partial charge in [0.05, 0.1) is 6.54 Å². The Balaban J connectivity index is 1.70. The first-order valence-electron chi connectivity index (χ1n) is 8.30. The molecule has 8 nitrogen and oxygen atoms in total. The molecular weight excluding hydrogens is 368 g/mol. The smallest absolute Gasteiger partial charge is 0.285 e. The Labute approximate surface area is 157 Å². The van der Waals surface area contributed by atoms with Gasteiger partial charge in [-0.05, 0) is 37.6 Å². The number of aromatic nitrogens is 1. The summed E-state index contributed by atoms with van der Waals surface area (Å²) < 4.78 is 28.0. The van der Waals surface area contributed by atoms with Gasteiger partial charge in [-0.2, -0.15) is 8.42 Å². The van der Waals surface area contributed by atoms with Gasteiger partial charge >= 0.3 is 0 Å². The Kier molecular flexibility index (Phi) is 4.88. The number of carbonyl (C=O) groups is 1. The van der Waals surface area contributed by atoms with Crippen LogP contribution >= 0.6 is 0 Å².